The van der Waals surface area contributed by atoms with Gasteiger partial charge >= 0.3 is 17.9 Å². The molecule has 2 N–H and O–H groups in total. The van der Waals surface area contributed by atoms with Gasteiger partial charge < -0.3 is 43.4 Å². The summed E-state index contributed by atoms with van der Waals surface area (Å²) in [5.41, 5.74) is 4.58. The molecule has 4 aliphatic carbocycles. The molecule has 316 valence electrons. The second-order valence-electron chi connectivity index (χ2n) is 16.3. The Hall–Kier alpha value is -5.25. The van der Waals surface area contributed by atoms with Crippen LogP contribution in [0.3, 0.4) is 0 Å². The van der Waals surface area contributed by atoms with Crippen molar-refractivity contribution >= 4 is 29.4 Å². The van der Waals surface area contributed by atoms with Crippen LogP contribution in [0.15, 0.2) is 70.9 Å². The number of fused-ring (bicyclic) bond motifs is 5. The Balaban J connectivity index is 1.28. The quantitative estimate of drug-likeness (QED) is 0.0332. The van der Waals surface area contributed by atoms with Crippen molar-refractivity contribution < 1.29 is 62.5 Å². The van der Waals surface area contributed by atoms with E-state index in [1.165, 1.54) is 14.0 Å². The Labute approximate surface area is 342 Å². The zero-order valence-corrected chi connectivity index (χ0v) is 34.3. The number of hydrogen-bond acceptors (Lipinski definition) is 14. The molecule has 0 aliphatic heterocycles. The molecule has 0 amide bonds. The lowest BCUT2D eigenvalue weighted by Crippen LogP contribution is -2.66. The minimum absolute atomic E-state index is 0.0289. The molecule has 2 aromatic carbocycles. The van der Waals surface area contributed by atoms with E-state index in [2.05, 4.69) is 10.0 Å². The van der Waals surface area contributed by atoms with E-state index in [9.17, 15) is 29.4 Å². The van der Waals surface area contributed by atoms with Gasteiger partial charge in [-0.2, -0.15) is 0 Å². The maximum atomic E-state index is 13.8. The van der Waals surface area contributed by atoms with Crippen LogP contribution >= 0.6 is 0 Å². The van der Waals surface area contributed by atoms with E-state index in [4.69, 9.17) is 38.7 Å². The molecule has 0 radical (unpaired) electrons. The first-order chi connectivity index (χ1) is 28.0. The first-order valence-electron chi connectivity index (χ1n) is 19.4. The number of benzene rings is 2. The van der Waals surface area contributed by atoms with Gasteiger partial charge in [0.25, 0.3) is 0 Å². The number of methoxy groups -OCH3 is 2. The summed E-state index contributed by atoms with van der Waals surface area (Å²) in [6, 6.07) is 11.4. The van der Waals surface area contributed by atoms with Gasteiger partial charge in [0.15, 0.2) is 29.7 Å². The van der Waals surface area contributed by atoms with Gasteiger partial charge in [0.1, 0.15) is 18.3 Å². The van der Waals surface area contributed by atoms with Crippen molar-refractivity contribution in [3.63, 3.8) is 0 Å². The topological polar surface area (TPSA) is 222 Å². The smallest absolute Gasteiger partial charge is 0.310 e. The van der Waals surface area contributed by atoms with Gasteiger partial charge in [0.05, 0.1) is 38.8 Å². The van der Waals surface area contributed by atoms with Crippen molar-refractivity contribution in [3.8, 4) is 11.5 Å². The molecule has 16 heteroatoms. The van der Waals surface area contributed by atoms with E-state index in [0.717, 1.165) is 0 Å². The molecule has 0 spiro atoms. The average Bonchev–Trinajstić information content (AvgIpc) is 3.61. The van der Waals surface area contributed by atoms with Crippen molar-refractivity contribution in [2.75, 3.05) is 40.8 Å². The number of nitrogens with zero attached hydrogens (tertiary/aromatic N) is 3. The lowest BCUT2D eigenvalue weighted by molar-refractivity contribution is -0.228. The Morgan fingerprint density at radius 1 is 0.966 bits per heavy atom. The molecule has 4 aliphatic rings. The largest absolute Gasteiger partial charge is 0.493 e. The van der Waals surface area contributed by atoms with Crippen LogP contribution in [0.4, 0.5) is 5.69 Å². The molecule has 2 saturated carbocycles. The number of aliphatic hydroxyl groups is 2. The zero-order valence-electron chi connectivity index (χ0n) is 34.3. The molecular weight excluding hydrogens is 766 g/mol. The van der Waals surface area contributed by atoms with Crippen LogP contribution in [-0.4, -0.2) is 97.6 Å². The fourth-order valence-electron chi connectivity index (χ4n) is 9.77. The van der Waals surface area contributed by atoms with Crippen molar-refractivity contribution in [1.82, 2.24) is 0 Å². The molecule has 6 rings (SSSR count). The van der Waals surface area contributed by atoms with E-state index in [-0.39, 0.29) is 38.2 Å². The first-order valence-corrected chi connectivity index (χ1v) is 19.4. The monoisotopic (exact) mass is 817 g/mol. The molecular formula is C43H51N3O13. The number of ether oxygens (including phenoxy) is 7. The molecule has 8 atom stereocenters. The van der Waals surface area contributed by atoms with Crippen molar-refractivity contribution in [2.45, 2.75) is 76.8 Å². The normalized spacial score (nSPS) is 29.8. The molecule has 2 aromatic rings. The maximum Gasteiger partial charge on any atom is 0.310 e. The fourth-order valence-corrected chi connectivity index (χ4v) is 9.77. The number of carbonyl (C=O) groups excluding carboxylic acids is 4. The van der Waals surface area contributed by atoms with Crippen molar-refractivity contribution in [2.24, 2.45) is 34.2 Å². The third-order valence-electron chi connectivity index (χ3n) is 12.5. The van der Waals surface area contributed by atoms with E-state index in [1.54, 1.807) is 75.6 Å². The maximum absolute atomic E-state index is 13.8. The SMILES string of the molecule is COCCOCOc1ccc(CC(=O)OCC2=C[C@H]3[C@@H]4C(C)(C)[C@]4(OC(C)=O)[C@H](OC(=O)Cc4ccc(N=[N+]=[N-])cc4)[C@@H](C)[C@]3(O)[C@@H]3C=C(C)C(=O)[C@@]3(O)C2)cc1OC. The van der Waals surface area contributed by atoms with Crippen molar-refractivity contribution in [1.29, 1.82) is 0 Å². The Morgan fingerprint density at radius 3 is 2.32 bits per heavy atom. The highest BCUT2D eigenvalue weighted by Gasteiger charge is 2.87. The van der Waals surface area contributed by atoms with Gasteiger partial charge in [-0.05, 0) is 46.9 Å². The van der Waals surface area contributed by atoms with Gasteiger partial charge in [0, 0.05) is 60.1 Å². The molecule has 0 unspecified atom stereocenters. The number of ketones is 1. The first kappa shape index (κ1) is 43.3. The fraction of sp³-hybridized carbons (Fsp3) is 0.535. The second kappa shape index (κ2) is 16.8. The lowest BCUT2D eigenvalue weighted by Gasteiger charge is -2.53. The number of rotatable bonds is 16. The predicted octanol–water partition coefficient (Wildman–Crippen LogP) is 5.04. The summed E-state index contributed by atoms with van der Waals surface area (Å²) in [6.07, 6.45) is 1.54. The highest BCUT2D eigenvalue weighted by molar-refractivity contribution is 6.05. The van der Waals surface area contributed by atoms with Gasteiger partial charge in [-0.1, -0.05) is 68.4 Å². The van der Waals surface area contributed by atoms with E-state index >= 15 is 0 Å². The number of hydrogen-bond donors (Lipinski definition) is 2. The van der Waals surface area contributed by atoms with Gasteiger partial charge in [-0.3, -0.25) is 19.2 Å². The Bertz CT molecular complexity index is 2090. The van der Waals surface area contributed by atoms with Gasteiger partial charge in [0.2, 0.25) is 0 Å². The standard InChI is InChI=1S/C43H51N3O13/c1-24-16-34-41(51,38(24)50)21-29(22-56-35(48)20-28-10-13-32(33(18-28)54-7)57-23-55-15-14-53-6)17-31-37-40(4,5)43(37,59-26(3)47)39(25(2)42(31,34)52)58-36(49)19-27-8-11-30(12-9-27)45-46-44/h8-13,16-18,25,31,34,37,39,51-52H,14-15,19-23H2,1-7H3/t25-,31+,34-,37-,39-,41-,42-,43-/m1/s1. The van der Waals surface area contributed by atoms with Gasteiger partial charge in [-0.25, -0.2) is 0 Å². The molecule has 0 heterocycles. The molecule has 0 bridgehead atoms. The summed E-state index contributed by atoms with van der Waals surface area (Å²) >= 11 is 0. The minimum atomic E-state index is -2.13. The highest BCUT2D eigenvalue weighted by atomic mass is 16.7. The van der Waals surface area contributed by atoms with Crippen LogP contribution in [0.2, 0.25) is 0 Å². The molecule has 16 nitrogen and oxygen atoms in total. The summed E-state index contributed by atoms with van der Waals surface area (Å²) in [5.74, 6) is -5.33. The molecule has 2 fully saturated rings. The summed E-state index contributed by atoms with van der Waals surface area (Å²) in [7, 11) is 3.04. The van der Waals surface area contributed by atoms with Crippen molar-refractivity contribution in [3.05, 3.63) is 87.3 Å². The predicted molar refractivity (Wildman–Crippen MR) is 209 cm³/mol. The van der Waals surface area contributed by atoms with Crippen LogP contribution in [-0.2, 0) is 55.7 Å². The molecule has 59 heavy (non-hydrogen) atoms. The molecule has 0 aromatic heterocycles. The van der Waals surface area contributed by atoms with Crippen LogP contribution in [0.25, 0.3) is 10.4 Å². The highest BCUT2D eigenvalue weighted by Crippen LogP contribution is 2.77. The zero-order chi connectivity index (χ0) is 42.9. The van der Waals surface area contributed by atoms with E-state index in [0.29, 0.717) is 47.1 Å². The van der Waals surface area contributed by atoms with Gasteiger partial charge in [-0.15, -0.1) is 0 Å². The summed E-state index contributed by atoms with van der Waals surface area (Å²) in [5, 5.41) is 29.1. The summed E-state index contributed by atoms with van der Waals surface area (Å²) in [6.45, 7) is 8.65. The van der Waals surface area contributed by atoms with Crippen LogP contribution in [0.5, 0.6) is 11.5 Å². The van der Waals surface area contributed by atoms with Crippen LogP contribution in [0.1, 0.15) is 52.2 Å². The third kappa shape index (κ3) is 7.83. The van der Waals surface area contributed by atoms with Crippen LogP contribution in [0, 0.1) is 29.1 Å². The van der Waals surface area contributed by atoms with E-state index in [1.807, 2.05) is 13.8 Å². The number of carbonyl (C=O) groups is 4. The summed E-state index contributed by atoms with van der Waals surface area (Å²) in [4.78, 5) is 56.5. The Kier molecular flexibility index (Phi) is 12.3. The Morgan fingerprint density at radius 2 is 1.66 bits per heavy atom. The second-order valence-corrected chi connectivity index (χ2v) is 16.3. The molecule has 0 saturated heterocycles. The minimum Gasteiger partial charge on any atom is -0.493 e. The number of Topliss-reactive ketones (excluding diaryl/α,β-unsaturated/α-hetero) is 1. The van der Waals surface area contributed by atoms with E-state index < -0.39 is 75.7 Å². The summed E-state index contributed by atoms with van der Waals surface area (Å²) < 4.78 is 39.6. The third-order valence-corrected chi connectivity index (χ3v) is 12.5. The number of azide groups is 1. The lowest BCUT2D eigenvalue weighted by atomic mass is 9.59. The number of esters is 3. The van der Waals surface area contributed by atoms with Crippen LogP contribution < -0.4 is 9.47 Å². The average molecular weight is 818 g/mol.